The van der Waals surface area contributed by atoms with Gasteiger partial charge in [-0.15, -0.1) is 0 Å². The van der Waals surface area contributed by atoms with E-state index >= 15 is 0 Å². The van der Waals surface area contributed by atoms with Gasteiger partial charge in [-0.25, -0.2) is 0 Å². The maximum absolute atomic E-state index is 5.68. The number of benzene rings is 1. The van der Waals surface area contributed by atoms with Crippen LogP contribution >= 0.6 is 0 Å². The number of nitrogens with zero attached hydrogens (tertiary/aromatic N) is 2. The van der Waals surface area contributed by atoms with E-state index in [1.54, 1.807) is 0 Å². The fraction of sp³-hybridized carbons (Fsp3) is 0.696. The van der Waals surface area contributed by atoms with Gasteiger partial charge in [-0.05, 0) is 64.1 Å². The highest BCUT2D eigenvalue weighted by Crippen LogP contribution is 2.47. The minimum Gasteiger partial charge on any atom is -0.381 e. The van der Waals surface area contributed by atoms with Gasteiger partial charge in [0.1, 0.15) is 0 Å². The average molecular weight is 385 g/mol. The molecule has 154 valence electrons. The van der Waals surface area contributed by atoms with Gasteiger partial charge in [0.25, 0.3) is 0 Å². The van der Waals surface area contributed by atoms with Crippen LogP contribution < -0.4 is 10.6 Å². The van der Waals surface area contributed by atoms with E-state index in [-0.39, 0.29) is 5.54 Å². The second-order valence-electron chi connectivity index (χ2n) is 8.73. The fourth-order valence-corrected chi connectivity index (χ4v) is 4.85. The molecule has 0 bridgehead atoms. The lowest BCUT2D eigenvalue weighted by Gasteiger charge is -2.43. The molecular weight excluding hydrogens is 348 g/mol. The summed E-state index contributed by atoms with van der Waals surface area (Å²) in [6.45, 7) is 9.04. The number of rotatable bonds is 7. The van der Waals surface area contributed by atoms with Crippen LogP contribution in [0.2, 0.25) is 0 Å². The first-order chi connectivity index (χ1) is 13.8. The number of hydrogen-bond donors (Lipinski definition) is 2. The number of nitrogens with one attached hydrogen (secondary N) is 2. The van der Waals surface area contributed by atoms with Gasteiger partial charge >= 0.3 is 0 Å². The zero-order valence-electron chi connectivity index (χ0n) is 17.4. The van der Waals surface area contributed by atoms with Crippen molar-refractivity contribution in [2.24, 2.45) is 4.99 Å². The first-order valence-electron chi connectivity index (χ1n) is 11.2. The molecular formula is C23H36N4O. The summed E-state index contributed by atoms with van der Waals surface area (Å²) in [5, 5.41) is 7.13. The van der Waals surface area contributed by atoms with Gasteiger partial charge in [-0.2, -0.15) is 0 Å². The first kappa shape index (κ1) is 19.7. The smallest absolute Gasteiger partial charge is 0.191 e. The number of aliphatic imine (C=N–C) groups is 1. The van der Waals surface area contributed by atoms with Crippen LogP contribution in [0.4, 0.5) is 0 Å². The lowest BCUT2D eigenvalue weighted by molar-refractivity contribution is -0.0139. The summed E-state index contributed by atoms with van der Waals surface area (Å²) in [5.41, 5.74) is 1.94. The van der Waals surface area contributed by atoms with Crippen LogP contribution in [0, 0.1) is 0 Å². The van der Waals surface area contributed by atoms with Gasteiger partial charge in [0.05, 0.1) is 6.54 Å². The zero-order valence-corrected chi connectivity index (χ0v) is 17.4. The quantitative estimate of drug-likeness (QED) is 0.561. The van der Waals surface area contributed by atoms with E-state index in [0.29, 0.717) is 5.41 Å². The van der Waals surface area contributed by atoms with Crippen molar-refractivity contribution in [1.82, 2.24) is 15.5 Å². The molecule has 1 aliphatic carbocycles. The second-order valence-corrected chi connectivity index (χ2v) is 8.73. The summed E-state index contributed by atoms with van der Waals surface area (Å²) in [5.74, 6) is 0.967. The van der Waals surface area contributed by atoms with E-state index in [2.05, 4.69) is 52.8 Å². The lowest BCUT2D eigenvalue weighted by atomic mass is 9.88. The third-order valence-corrected chi connectivity index (χ3v) is 6.91. The molecule has 4 rings (SSSR count). The van der Waals surface area contributed by atoms with Crippen molar-refractivity contribution in [1.29, 1.82) is 0 Å². The Morgan fingerprint density at radius 2 is 1.75 bits per heavy atom. The molecule has 2 heterocycles. The van der Waals surface area contributed by atoms with Crippen LogP contribution in [-0.2, 0) is 10.2 Å². The summed E-state index contributed by atoms with van der Waals surface area (Å²) in [6.07, 6.45) is 7.37. The molecule has 2 saturated heterocycles. The summed E-state index contributed by atoms with van der Waals surface area (Å²) in [7, 11) is 0. The van der Waals surface area contributed by atoms with Crippen LogP contribution in [0.3, 0.4) is 0 Å². The monoisotopic (exact) mass is 384 g/mol. The number of likely N-dealkylation sites (tertiary alicyclic amines) is 1. The van der Waals surface area contributed by atoms with E-state index < -0.39 is 0 Å². The fourth-order valence-electron chi connectivity index (χ4n) is 4.85. The van der Waals surface area contributed by atoms with E-state index in [0.717, 1.165) is 51.6 Å². The summed E-state index contributed by atoms with van der Waals surface area (Å²) >= 11 is 0. The number of hydrogen-bond acceptors (Lipinski definition) is 3. The summed E-state index contributed by atoms with van der Waals surface area (Å²) < 4.78 is 5.68. The van der Waals surface area contributed by atoms with Crippen molar-refractivity contribution in [2.75, 3.05) is 45.9 Å². The maximum atomic E-state index is 5.68. The van der Waals surface area contributed by atoms with Gasteiger partial charge < -0.3 is 15.4 Å². The molecule has 0 amide bonds. The minimum absolute atomic E-state index is 0.188. The predicted molar refractivity (Wildman–Crippen MR) is 115 cm³/mol. The highest BCUT2D eigenvalue weighted by molar-refractivity contribution is 5.80. The molecule has 0 atom stereocenters. The third-order valence-electron chi connectivity index (χ3n) is 6.91. The third kappa shape index (κ3) is 4.36. The molecule has 2 aliphatic heterocycles. The molecule has 2 N–H and O–H groups in total. The molecule has 1 saturated carbocycles. The highest BCUT2D eigenvalue weighted by Gasteiger charge is 2.44. The number of guanidine groups is 1. The molecule has 0 unspecified atom stereocenters. The molecule has 0 spiro atoms. The van der Waals surface area contributed by atoms with Gasteiger partial charge in [-0.3, -0.25) is 9.89 Å². The Balaban J connectivity index is 1.42. The van der Waals surface area contributed by atoms with Crippen molar-refractivity contribution in [3.8, 4) is 0 Å². The maximum Gasteiger partial charge on any atom is 0.191 e. The Bertz CT molecular complexity index is 644. The lowest BCUT2D eigenvalue weighted by Crippen LogP contribution is -2.54. The van der Waals surface area contributed by atoms with Crippen LogP contribution in [-0.4, -0.2) is 62.3 Å². The molecule has 3 aliphatic rings. The van der Waals surface area contributed by atoms with Crippen molar-refractivity contribution < 1.29 is 4.74 Å². The van der Waals surface area contributed by atoms with Gasteiger partial charge in [-0.1, -0.05) is 30.3 Å². The zero-order chi connectivity index (χ0) is 19.3. The Kier molecular flexibility index (Phi) is 6.22. The van der Waals surface area contributed by atoms with Gasteiger partial charge in [0.2, 0.25) is 0 Å². The van der Waals surface area contributed by atoms with E-state index in [4.69, 9.17) is 9.73 Å². The molecule has 5 nitrogen and oxygen atoms in total. The molecule has 1 aromatic carbocycles. The van der Waals surface area contributed by atoms with Crippen molar-refractivity contribution in [2.45, 2.75) is 56.4 Å². The van der Waals surface area contributed by atoms with Crippen LogP contribution in [0.15, 0.2) is 35.3 Å². The average Bonchev–Trinajstić information content (AvgIpc) is 3.33. The standard InChI is InChI=1S/C23H36N4O/c1-2-24-21(25-18-22(10-11-22)20-8-4-3-5-9-20)26-19-23(12-16-28-17-13-23)27-14-6-7-15-27/h3-5,8-9H,2,6-7,10-19H2,1H3,(H2,24,25,26). The Morgan fingerprint density at radius 3 is 2.39 bits per heavy atom. The topological polar surface area (TPSA) is 48.9 Å². The molecule has 1 aromatic rings. The molecule has 5 heteroatoms. The summed E-state index contributed by atoms with van der Waals surface area (Å²) in [4.78, 5) is 7.77. The molecule has 28 heavy (non-hydrogen) atoms. The SMILES string of the molecule is CCNC(=NCC1(N2CCCC2)CCOCC1)NCC1(c2ccccc2)CC1. The Labute approximate surface area is 169 Å². The molecule has 0 aromatic heterocycles. The normalized spacial score (nSPS) is 24.1. The summed E-state index contributed by atoms with van der Waals surface area (Å²) in [6, 6.07) is 10.9. The van der Waals surface area contributed by atoms with Crippen LogP contribution in [0.25, 0.3) is 0 Å². The van der Waals surface area contributed by atoms with Crippen molar-refractivity contribution in [3.63, 3.8) is 0 Å². The Hall–Kier alpha value is -1.59. The minimum atomic E-state index is 0.188. The van der Waals surface area contributed by atoms with Gasteiger partial charge in [0.15, 0.2) is 5.96 Å². The molecule has 3 fully saturated rings. The largest absolute Gasteiger partial charge is 0.381 e. The van der Waals surface area contributed by atoms with E-state index in [1.165, 1.54) is 44.3 Å². The van der Waals surface area contributed by atoms with Crippen molar-refractivity contribution in [3.05, 3.63) is 35.9 Å². The van der Waals surface area contributed by atoms with Crippen LogP contribution in [0.5, 0.6) is 0 Å². The molecule has 0 radical (unpaired) electrons. The second kappa shape index (κ2) is 8.83. The number of ether oxygens (including phenoxy) is 1. The first-order valence-corrected chi connectivity index (χ1v) is 11.2. The van der Waals surface area contributed by atoms with E-state index in [1.807, 2.05) is 0 Å². The Morgan fingerprint density at radius 1 is 1.04 bits per heavy atom. The van der Waals surface area contributed by atoms with E-state index in [9.17, 15) is 0 Å². The van der Waals surface area contributed by atoms with Crippen molar-refractivity contribution >= 4 is 5.96 Å². The van der Waals surface area contributed by atoms with Gasteiger partial charge in [0, 0.05) is 37.3 Å². The predicted octanol–water partition coefficient (Wildman–Crippen LogP) is 2.92. The van der Waals surface area contributed by atoms with Crippen LogP contribution in [0.1, 0.15) is 51.0 Å². The highest BCUT2D eigenvalue weighted by atomic mass is 16.5.